The first-order valence-corrected chi connectivity index (χ1v) is 10.4. The monoisotopic (exact) mass is 388 g/mol. The van der Waals surface area contributed by atoms with E-state index in [1.165, 1.54) is 22.2 Å². The van der Waals surface area contributed by atoms with Crippen molar-refractivity contribution in [2.24, 2.45) is 0 Å². The number of nitrogens with one attached hydrogen (secondary N) is 2. The third-order valence-corrected chi connectivity index (χ3v) is 6.44. The van der Waals surface area contributed by atoms with Crippen LogP contribution in [0.15, 0.2) is 34.0 Å². The summed E-state index contributed by atoms with van der Waals surface area (Å²) in [7, 11) is 0. The molecule has 0 aromatic carbocycles. The molecule has 1 fully saturated rings. The van der Waals surface area contributed by atoms with Crippen LogP contribution in [0.1, 0.15) is 19.8 Å². The van der Waals surface area contributed by atoms with Gasteiger partial charge in [-0.15, -0.1) is 22.7 Å². The second kappa shape index (κ2) is 7.30. The van der Waals surface area contributed by atoms with Crippen molar-refractivity contribution in [2.75, 3.05) is 6.54 Å². The zero-order valence-corrected chi connectivity index (χ0v) is 16.0. The lowest BCUT2D eigenvalue weighted by molar-refractivity contribution is -0.122. The van der Waals surface area contributed by atoms with Crippen LogP contribution in [0.2, 0.25) is 0 Å². The minimum absolute atomic E-state index is 0.000188. The van der Waals surface area contributed by atoms with E-state index < -0.39 is 0 Å². The summed E-state index contributed by atoms with van der Waals surface area (Å²) in [5.74, 6) is -0.139. The van der Waals surface area contributed by atoms with E-state index in [2.05, 4.69) is 22.5 Å². The number of amides is 1. The first kappa shape index (κ1) is 17.4. The molecule has 0 spiro atoms. The number of rotatable bonds is 4. The first-order valence-electron chi connectivity index (χ1n) is 8.65. The SMILES string of the molecule is CC1CC(NC(=O)Cn2cnc3scc(-c4cccs4)c3c2=O)CCN1. The molecule has 136 valence electrons. The maximum Gasteiger partial charge on any atom is 0.263 e. The highest BCUT2D eigenvalue weighted by molar-refractivity contribution is 7.18. The summed E-state index contributed by atoms with van der Waals surface area (Å²) >= 11 is 3.05. The Morgan fingerprint density at radius 1 is 1.46 bits per heavy atom. The van der Waals surface area contributed by atoms with Gasteiger partial charge in [-0.2, -0.15) is 0 Å². The van der Waals surface area contributed by atoms with Crippen LogP contribution >= 0.6 is 22.7 Å². The zero-order chi connectivity index (χ0) is 18.1. The molecule has 0 saturated carbocycles. The predicted molar refractivity (Wildman–Crippen MR) is 106 cm³/mol. The van der Waals surface area contributed by atoms with Gasteiger partial charge in [0.25, 0.3) is 5.56 Å². The highest BCUT2D eigenvalue weighted by Crippen LogP contribution is 2.33. The van der Waals surface area contributed by atoms with Gasteiger partial charge in [0.2, 0.25) is 5.91 Å². The van der Waals surface area contributed by atoms with Gasteiger partial charge in [0, 0.05) is 27.9 Å². The molecule has 3 aromatic heterocycles. The van der Waals surface area contributed by atoms with Crippen LogP contribution in [-0.4, -0.2) is 34.1 Å². The summed E-state index contributed by atoms with van der Waals surface area (Å²) in [6.45, 7) is 3.02. The predicted octanol–water partition coefficient (Wildman–Crippen LogP) is 2.44. The molecule has 2 unspecified atom stereocenters. The molecule has 1 aliphatic heterocycles. The van der Waals surface area contributed by atoms with Crippen LogP contribution in [0.5, 0.6) is 0 Å². The summed E-state index contributed by atoms with van der Waals surface area (Å²) in [4.78, 5) is 31.5. The molecule has 6 nitrogen and oxygen atoms in total. The highest BCUT2D eigenvalue weighted by Gasteiger charge is 2.21. The highest BCUT2D eigenvalue weighted by atomic mass is 32.1. The Hall–Kier alpha value is -2.03. The van der Waals surface area contributed by atoms with Gasteiger partial charge in [-0.1, -0.05) is 6.07 Å². The molecule has 2 atom stereocenters. The molecule has 2 N–H and O–H groups in total. The van der Waals surface area contributed by atoms with E-state index in [0.29, 0.717) is 16.3 Å². The van der Waals surface area contributed by atoms with Gasteiger partial charge in [0.15, 0.2) is 0 Å². The van der Waals surface area contributed by atoms with E-state index in [9.17, 15) is 9.59 Å². The molecule has 1 saturated heterocycles. The second-order valence-electron chi connectivity index (χ2n) is 6.63. The van der Waals surface area contributed by atoms with E-state index in [0.717, 1.165) is 29.8 Å². The average molecular weight is 389 g/mol. The fourth-order valence-electron chi connectivity index (χ4n) is 3.38. The Labute approximate surface area is 158 Å². The minimum Gasteiger partial charge on any atom is -0.352 e. The van der Waals surface area contributed by atoms with E-state index >= 15 is 0 Å². The molecule has 1 aliphatic rings. The molecular formula is C18H20N4O2S2. The van der Waals surface area contributed by atoms with Crippen molar-refractivity contribution < 1.29 is 4.79 Å². The smallest absolute Gasteiger partial charge is 0.263 e. The topological polar surface area (TPSA) is 76.0 Å². The third-order valence-electron chi connectivity index (χ3n) is 4.65. The fraction of sp³-hybridized carbons (Fsp3) is 0.389. The molecule has 1 amide bonds. The van der Waals surface area contributed by atoms with Crippen molar-refractivity contribution in [2.45, 2.75) is 38.4 Å². The van der Waals surface area contributed by atoms with Crippen LogP contribution in [0.25, 0.3) is 20.7 Å². The molecule has 0 aliphatic carbocycles. The number of thiophene rings is 2. The normalized spacial score (nSPS) is 20.3. The van der Waals surface area contributed by atoms with Crippen LogP contribution in [0.4, 0.5) is 0 Å². The van der Waals surface area contributed by atoms with E-state index in [4.69, 9.17) is 0 Å². The van der Waals surface area contributed by atoms with E-state index in [1.54, 1.807) is 11.3 Å². The number of nitrogens with zero attached hydrogens (tertiary/aromatic N) is 2. The van der Waals surface area contributed by atoms with Gasteiger partial charge in [-0.25, -0.2) is 4.98 Å². The van der Waals surface area contributed by atoms with E-state index in [-0.39, 0.29) is 24.1 Å². The van der Waals surface area contributed by atoms with Crippen LogP contribution < -0.4 is 16.2 Å². The lowest BCUT2D eigenvalue weighted by Gasteiger charge is -2.28. The number of aromatic nitrogens is 2. The van der Waals surface area contributed by atoms with Crippen molar-refractivity contribution in [1.29, 1.82) is 0 Å². The number of carbonyl (C=O) groups excluding carboxylic acids is 1. The zero-order valence-electron chi connectivity index (χ0n) is 14.4. The number of fused-ring (bicyclic) bond motifs is 1. The Morgan fingerprint density at radius 3 is 3.12 bits per heavy atom. The van der Waals surface area contributed by atoms with Gasteiger partial charge in [0.05, 0.1) is 11.7 Å². The molecule has 8 heteroatoms. The summed E-state index contributed by atoms with van der Waals surface area (Å²) in [5, 5.41) is 11.0. The lowest BCUT2D eigenvalue weighted by Crippen LogP contribution is -2.47. The van der Waals surface area contributed by atoms with Crippen molar-refractivity contribution in [3.63, 3.8) is 0 Å². The van der Waals surface area contributed by atoms with Crippen LogP contribution in [0.3, 0.4) is 0 Å². The van der Waals surface area contributed by atoms with Crippen molar-refractivity contribution >= 4 is 38.8 Å². The number of hydrogen-bond donors (Lipinski definition) is 2. The van der Waals surface area contributed by atoms with Crippen molar-refractivity contribution in [1.82, 2.24) is 20.2 Å². The minimum atomic E-state index is -0.159. The summed E-state index contributed by atoms with van der Waals surface area (Å²) in [5.41, 5.74) is 0.743. The van der Waals surface area contributed by atoms with E-state index in [1.807, 2.05) is 22.9 Å². The average Bonchev–Trinajstić information content (AvgIpc) is 3.26. The number of carbonyl (C=O) groups is 1. The van der Waals surface area contributed by atoms with Crippen molar-refractivity contribution in [3.05, 3.63) is 39.6 Å². The third kappa shape index (κ3) is 3.44. The molecule has 0 radical (unpaired) electrons. The van der Waals surface area contributed by atoms with Gasteiger partial charge in [0.1, 0.15) is 11.4 Å². The molecular weight excluding hydrogens is 368 g/mol. The summed E-state index contributed by atoms with van der Waals surface area (Å²) in [6, 6.07) is 4.52. The van der Waals surface area contributed by atoms with Crippen LogP contribution in [-0.2, 0) is 11.3 Å². The Bertz CT molecular complexity index is 977. The van der Waals surface area contributed by atoms with Gasteiger partial charge in [-0.05, 0) is 37.8 Å². The largest absolute Gasteiger partial charge is 0.352 e. The second-order valence-corrected chi connectivity index (χ2v) is 8.43. The summed E-state index contributed by atoms with van der Waals surface area (Å²) in [6.07, 6.45) is 3.30. The van der Waals surface area contributed by atoms with Gasteiger partial charge in [-0.3, -0.25) is 14.2 Å². The molecule has 4 heterocycles. The Balaban J connectivity index is 1.57. The molecule has 0 bridgehead atoms. The lowest BCUT2D eigenvalue weighted by atomic mass is 10.0. The van der Waals surface area contributed by atoms with Gasteiger partial charge < -0.3 is 10.6 Å². The number of piperidine rings is 1. The molecule has 3 aromatic rings. The Morgan fingerprint density at radius 2 is 2.35 bits per heavy atom. The molecule has 4 rings (SSSR count). The standard InChI is InChI=1S/C18H20N4O2S2/c1-11-7-12(4-5-19-11)21-15(23)8-22-10-20-17-16(18(22)24)13(9-26-17)14-3-2-6-25-14/h2-3,6,9-12,19H,4-5,7-8H2,1H3,(H,21,23). The Kier molecular flexibility index (Phi) is 4.88. The number of hydrogen-bond acceptors (Lipinski definition) is 6. The maximum absolute atomic E-state index is 12.9. The maximum atomic E-state index is 12.9. The summed E-state index contributed by atoms with van der Waals surface area (Å²) < 4.78 is 1.41. The fourth-order valence-corrected chi connectivity index (χ4v) is 5.11. The van der Waals surface area contributed by atoms with Gasteiger partial charge >= 0.3 is 0 Å². The van der Waals surface area contributed by atoms with Crippen LogP contribution in [0, 0.1) is 0 Å². The quantitative estimate of drug-likeness (QED) is 0.720. The first-order chi connectivity index (χ1) is 12.6. The molecule has 26 heavy (non-hydrogen) atoms. The van der Waals surface area contributed by atoms with Crippen molar-refractivity contribution in [3.8, 4) is 10.4 Å².